The molecule has 4 nitrogen and oxygen atoms in total. The molecule has 1 rings (SSSR count). The van der Waals surface area contributed by atoms with E-state index in [9.17, 15) is 5.11 Å². The fourth-order valence-electron chi connectivity index (χ4n) is 1.93. The molecule has 0 aromatic heterocycles. The van der Waals surface area contributed by atoms with Gasteiger partial charge in [0.15, 0.2) is 0 Å². The van der Waals surface area contributed by atoms with Gasteiger partial charge in [-0.25, -0.2) is 0 Å². The predicted molar refractivity (Wildman–Crippen MR) is 61.5 cm³/mol. The van der Waals surface area contributed by atoms with E-state index in [4.69, 9.17) is 14.2 Å². The molecule has 1 N–H and O–H groups in total. The molecule has 2 unspecified atom stereocenters. The number of hydrogen-bond donors (Lipinski definition) is 1. The van der Waals surface area contributed by atoms with Crippen molar-refractivity contribution in [3.05, 3.63) is 0 Å². The lowest BCUT2D eigenvalue weighted by Gasteiger charge is -2.25. The highest BCUT2D eigenvalue weighted by atomic mass is 16.5. The fraction of sp³-hybridized carbons (Fsp3) is 1.00. The molecule has 0 aromatic rings. The molecule has 96 valence electrons. The van der Waals surface area contributed by atoms with Crippen LogP contribution in [0.2, 0.25) is 0 Å². The molecule has 0 radical (unpaired) electrons. The maximum Gasteiger partial charge on any atom is 0.0700 e. The second-order valence-corrected chi connectivity index (χ2v) is 4.27. The molecule has 0 heterocycles. The van der Waals surface area contributed by atoms with Crippen LogP contribution in [-0.2, 0) is 14.2 Å². The lowest BCUT2D eigenvalue weighted by atomic mass is 9.95. The van der Waals surface area contributed by atoms with Crippen LogP contribution in [0.1, 0.15) is 32.1 Å². The van der Waals surface area contributed by atoms with Crippen molar-refractivity contribution < 1.29 is 19.3 Å². The summed E-state index contributed by atoms with van der Waals surface area (Å²) in [5.74, 6) is 0. The Morgan fingerprint density at radius 1 is 1.12 bits per heavy atom. The van der Waals surface area contributed by atoms with Crippen LogP contribution in [-0.4, -0.2) is 50.9 Å². The molecule has 0 spiro atoms. The minimum atomic E-state index is -0.156. The standard InChI is InChI=1S/C12H24O4/c1-14-8-9-15-6-3-7-16-12-5-2-4-11(13)10-12/h11-13H,2-10H2,1H3. The summed E-state index contributed by atoms with van der Waals surface area (Å²) in [4.78, 5) is 0. The summed E-state index contributed by atoms with van der Waals surface area (Å²) in [5, 5.41) is 9.46. The van der Waals surface area contributed by atoms with Crippen molar-refractivity contribution in [2.45, 2.75) is 44.3 Å². The first-order valence-electron chi connectivity index (χ1n) is 6.19. The van der Waals surface area contributed by atoms with Crippen LogP contribution in [0.15, 0.2) is 0 Å². The van der Waals surface area contributed by atoms with Gasteiger partial charge >= 0.3 is 0 Å². The van der Waals surface area contributed by atoms with Crippen molar-refractivity contribution >= 4 is 0 Å². The summed E-state index contributed by atoms with van der Waals surface area (Å²) in [6.45, 7) is 2.75. The van der Waals surface area contributed by atoms with Gasteiger partial charge in [-0.05, 0) is 32.1 Å². The third-order valence-corrected chi connectivity index (χ3v) is 2.82. The Balaban J connectivity index is 1.86. The van der Waals surface area contributed by atoms with Gasteiger partial charge in [0, 0.05) is 20.3 Å². The zero-order valence-corrected chi connectivity index (χ0v) is 10.2. The zero-order chi connectivity index (χ0) is 11.6. The minimum absolute atomic E-state index is 0.156. The van der Waals surface area contributed by atoms with E-state index >= 15 is 0 Å². The second-order valence-electron chi connectivity index (χ2n) is 4.27. The van der Waals surface area contributed by atoms with E-state index < -0.39 is 0 Å². The van der Waals surface area contributed by atoms with Crippen LogP contribution in [0.25, 0.3) is 0 Å². The molecule has 0 saturated heterocycles. The Morgan fingerprint density at radius 2 is 2.00 bits per heavy atom. The Hall–Kier alpha value is -0.160. The highest BCUT2D eigenvalue weighted by Gasteiger charge is 2.20. The lowest BCUT2D eigenvalue weighted by Crippen LogP contribution is -2.26. The van der Waals surface area contributed by atoms with Gasteiger partial charge < -0.3 is 19.3 Å². The molecule has 0 aliphatic heterocycles. The van der Waals surface area contributed by atoms with Gasteiger partial charge in [-0.3, -0.25) is 0 Å². The summed E-state index contributed by atoms with van der Waals surface area (Å²) in [7, 11) is 1.67. The average Bonchev–Trinajstić information content (AvgIpc) is 2.28. The number of ether oxygens (including phenoxy) is 3. The van der Waals surface area contributed by atoms with E-state index in [-0.39, 0.29) is 12.2 Å². The largest absolute Gasteiger partial charge is 0.393 e. The Kier molecular flexibility index (Phi) is 7.76. The molecule has 0 amide bonds. The SMILES string of the molecule is COCCOCCCOC1CCCC(O)C1. The maximum atomic E-state index is 9.46. The van der Waals surface area contributed by atoms with Gasteiger partial charge in [0.2, 0.25) is 0 Å². The topological polar surface area (TPSA) is 47.9 Å². The summed E-state index contributed by atoms with van der Waals surface area (Å²) in [6.07, 6.45) is 4.90. The molecule has 1 saturated carbocycles. The monoisotopic (exact) mass is 232 g/mol. The Morgan fingerprint density at radius 3 is 2.75 bits per heavy atom. The molecule has 0 aromatic carbocycles. The quantitative estimate of drug-likeness (QED) is 0.642. The molecule has 2 atom stereocenters. The zero-order valence-electron chi connectivity index (χ0n) is 10.2. The van der Waals surface area contributed by atoms with Crippen molar-refractivity contribution in [1.82, 2.24) is 0 Å². The minimum Gasteiger partial charge on any atom is -0.393 e. The lowest BCUT2D eigenvalue weighted by molar-refractivity contribution is -0.0232. The van der Waals surface area contributed by atoms with Crippen molar-refractivity contribution in [2.24, 2.45) is 0 Å². The molecule has 0 bridgehead atoms. The van der Waals surface area contributed by atoms with Gasteiger partial charge in [-0.2, -0.15) is 0 Å². The first-order valence-corrected chi connectivity index (χ1v) is 6.19. The van der Waals surface area contributed by atoms with Gasteiger partial charge in [-0.1, -0.05) is 0 Å². The van der Waals surface area contributed by atoms with Crippen molar-refractivity contribution in [3.63, 3.8) is 0 Å². The number of rotatable bonds is 8. The third-order valence-electron chi connectivity index (χ3n) is 2.82. The summed E-state index contributed by atoms with van der Waals surface area (Å²) >= 11 is 0. The fourth-order valence-corrected chi connectivity index (χ4v) is 1.93. The van der Waals surface area contributed by atoms with Crippen LogP contribution in [0, 0.1) is 0 Å². The van der Waals surface area contributed by atoms with Gasteiger partial charge in [-0.15, -0.1) is 0 Å². The van der Waals surface area contributed by atoms with Gasteiger partial charge in [0.1, 0.15) is 0 Å². The molecular weight excluding hydrogens is 208 g/mol. The summed E-state index contributed by atoms with van der Waals surface area (Å²) in [6, 6.07) is 0. The Bertz CT molecular complexity index is 163. The van der Waals surface area contributed by atoms with Crippen LogP contribution in [0.4, 0.5) is 0 Å². The molecule has 4 heteroatoms. The average molecular weight is 232 g/mol. The smallest absolute Gasteiger partial charge is 0.0700 e. The maximum absolute atomic E-state index is 9.46. The third kappa shape index (κ3) is 6.43. The van der Waals surface area contributed by atoms with Gasteiger partial charge in [0.05, 0.1) is 25.4 Å². The highest BCUT2D eigenvalue weighted by Crippen LogP contribution is 2.20. The van der Waals surface area contributed by atoms with Crippen LogP contribution < -0.4 is 0 Å². The second kappa shape index (κ2) is 8.93. The number of hydrogen-bond acceptors (Lipinski definition) is 4. The normalized spacial score (nSPS) is 25.9. The van der Waals surface area contributed by atoms with E-state index in [1.807, 2.05) is 0 Å². The van der Waals surface area contributed by atoms with E-state index in [2.05, 4.69) is 0 Å². The highest BCUT2D eigenvalue weighted by molar-refractivity contribution is 4.72. The van der Waals surface area contributed by atoms with Crippen molar-refractivity contribution in [3.8, 4) is 0 Å². The number of aliphatic hydroxyl groups excluding tert-OH is 1. The van der Waals surface area contributed by atoms with Crippen molar-refractivity contribution in [1.29, 1.82) is 0 Å². The first kappa shape index (κ1) is 13.9. The molecule has 1 aliphatic rings. The number of methoxy groups -OCH3 is 1. The number of aliphatic hydroxyl groups is 1. The van der Waals surface area contributed by atoms with Crippen LogP contribution in [0.5, 0.6) is 0 Å². The predicted octanol–water partition coefficient (Wildman–Crippen LogP) is 1.36. The van der Waals surface area contributed by atoms with Crippen LogP contribution in [0.3, 0.4) is 0 Å². The van der Waals surface area contributed by atoms with Crippen LogP contribution >= 0.6 is 0 Å². The van der Waals surface area contributed by atoms with Crippen molar-refractivity contribution in [2.75, 3.05) is 33.5 Å². The molecule has 1 aliphatic carbocycles. The first-order chi connectivity index (χ1) is 7.83. The summed E-state index contributed by atoms with van der Waals surface area (Å²) in [5.41, 5.74) is 0. The molecule has 16 heavy (non-hydrogen) atoms. The van der Waals surface area contributed by atoms with E-state index in [1.54, 1.807) is 7.11 Å². The van der Waals surface area contributed by atoms with E-state index in [1.165, 1.54) is 0 Å². The van der Waals surface area contributed by atoms with E-state index in [0.717, 1.165) is 45.3 Å². The molecule has 1 fully saturated rings. The summed E-state index contributed by atoms with van der Waals surface area (Å²) < 4.78 is 15.9. The molecular formula is C12H24O4. The van der Waals surface area contributed by atoms with Gasteiger partial charge in [0.25, 0.3) is 0 Å². The van der Waals surface area contributed by atoms with E-state index in [0.29, 0.717) is 13.2 Å². The Labute approximate surface area is 97.9 Å².